The topological polar surface area (TPSA) is 57.6 Å². The van der Waals surface area contributed by atoms with E-state index >= 15 is 0 Å². The molecule has 0 aromatic rings. The molecule has 90 valence electrons. The normalized spacial score (nSPS) is 25.8. The maximum atomic E-state index is 11.7. The Morgan fingerprint density at radius 1 is 1.62 bits per heavy atom. The molecule has 16 heavy (non-hydrogen) atoms. The molecule has 0 spiro atoms. The van der Waals surface area contributed by atoms with E-state index in [1.165, 1.54) is 17.7 Å². The van der Waals surface area contributed by atoms with Gasteiger partial charge in [-0.3, -0.25) is 0 Å². The summed E-state index contributed by atoms with van der Waals surface area (Å²) in [6.45, 7) is 2.25. The van der Waals surface area contributed by atoms with Crippen LogP contribution in [0.1, 0.15) is 19.8 Å². The summed E-state index contributed by atoms with van der Waals surface area (Å²) in [6, 6.07) is 0. The van der Waals surface area contributed by atoms with Gasteiger partial charge in [-0.15, -0.1) is 0 Å². The molecule has 0 saturated heterocycles. The summed E-state index contributed by atoms with van der Waals surface area (Å²) in [7, 11) is 0. The van der Waals surface area contributed by atoms with E-state index in [0.29, 0.717) is 10.5 Å². The second-order valence-corrected chi connectivity index (χ2v) is 8.33. The van der Waals surface area contributed by atoms with Gasteiger partial charge in [0.05, 0.1) is 0 Å². The maximum absolute atomic E-state index is 11.7. The van der Waals surface area contributed by atoms with Gasteiger partial charge in [0, 0.05) is 0 Å². The van der Waals surface area contributed by atoms with Crippen molar-refractivity contribution in [2.75, 3.05) is 13.1 Å². The van der Waals surface area contributed by atoms with Crippen molar-refractivity contribution in [3.05, 3.63) is 11.6 Å². The molecule has 5 heteroatoms. The number of amides is 1. The minimum absolute atomic E-state index is 0.0922. The Hall–Kier alpha value is -0.590. The summed E-state index contributed by atoms with van der Waals surface area (Å²) in [6.07, 6.45) is 4.74. The molecule has 1 atom stereocenters. The molecule has 1 aliphatic carbocycles. The van der Waals surface area contributed by atoms with Crippen LogP contribution in [0.25, 0.3) is 0 Å². The summed E-state index contributed by atoms with van der Waals surface area (Å²) in [5.41, 5.74) is 0.720. The zero-order chi connectivity index (χ0) is 11.7. The van der Waals surface area contributed by atoms with Gasteiger partial charge < -0.3 is 0 Å². The first-order chi connectivity index (χ1) is 7.56. The Morgan fingerprint density at radius 2 is 2.31 bits per heavy atom. The molecule has 1 heterocycles. The number of carboxylic acid groups (broad SMARTS) is 1. The molecule has 1 N–H and O–H groups in total. The number of carbonyl (C=O) groups is 2. The van der Waals surface area contributed by atoms with Crippen molar-refractivity contribution in [1.82, 2.24) is 4.90 Å². The van der Waals surface area contributed by atoms with Crippen LogP contribution in [-0.4, -0.2) is 42.8 Å². The Labute approximate surface area is 105 Å². The van der Waals surface area contributed by atoms with Gasteiger partial charge in [0.25, 0.3) is 0 Å². The molecule has 0 aromatic carbocycles. The third kappa shape index (κ3) is 2.96. The predicted molar refractivity (Wildman–Crippen MR) is 54.8 cm³/mol. The van der Waals surface area contributed by atoms with E-state index in [0.717, 1.165) is 9.50 Å². The molecule has 1 amide bonds. The van der Waals surface area contributed by atoms with Crippen LogP contribution in [0.2, 0.25) is 0 Å². The SMILES string of the molecule is CC1=CC([I-]C2CC2)CN(CC(=O)O)C1=O. The van der Waals surface area contributed by atoms with Gasteiger partial charge in [0.15, 0.2) is 0 Å². The fourth-order valence-electron chi connectivity index (χ4n) is 1.73. The van der Waals surface area contributed by atoms with E-state index < -0.39 is 5.97 Å². The number of nitrogens with zero attached hydrogens (tertiary/aromatic N) is 1. The zero-order valence-corrected chi connectivity index (χ0v) is 11.3. The van der Waals surface area contributed by atoms with Crippen molar-refractivity contribution < 1.29 is 35.9 Å². The molecule has 2 rings (SSSR count). The van der Waals surface area contributed by atoms with Crippen molar-refractivity contribution in [2.24, 2.45) is 0 Å². The number of carbonyl (C=O) groups excluding carboxylic acids is 1. The van der Waals surface area contributed by atoms with Crippen LogP contribution < -0.4 is 21.2 Å². The fourth-order valence-corrected chi connectivity index (χ4v) is 5.57. The summed E-state index contributed by atoms with van der Waals surface area (Å²) in [5, 5.41) is 8.75. The van der Waals surface area contributed by atoms with Crippen molar-refractivity contribution in [3.63, 3.8) is 0 Å². The van der Waals surface area contributed by atoms with E-state index in [-0.39, 0.29) is 33.7 Å². The van der Waals surface area contributed by atoms with Crippen molar-refractivity contribution in [2.45, 2.75) is 27.6 Å². The van der Waals surface area contributed by atoms with Gasteiger partial charge >= 0.3 is 105 Å². The first kappa shape index (κ1) is 11.9. The number of hydrogen-bond donors (Lipinski definition) is 1. The number of carboxylic acids is 1. The Bertz CT molecular complexity index is 349. The second-order valence-electron chi connectivity index (χ2n) is 4.25. The molecular formula is C11H15INO3-. The van der Waals surface area contributed by atoms with E-state index in [1.54, 1.807) is 6.92 Å². The number of aliphatic carboxylic acids is 1. The molecule has 2 aliphatic rings. The molecule has 1 aliphatic heterocycles. The van der Waals surface area contributed by atoms with E-state index in [2.05, 4.69) is 6.08 Å². The molecule has 0 radical (unpaired) electrons. The predicted octanol–water partition coefficient (Wildman–Crippen LogP) is -2.52. The standard InChI is InChI=1S/C11H15INO3/c1-7-4-9(12-8-2-3-8)5-13(11(7)16)6-10(14)15/h4,8-9H,2-3,5-6H2,1H3,(H,14,15)/q-1. The van der Waals surface area contributed by atoms with Crippen LogP contribution in [0.5, 0.6) is 0 Å². The monoisotopic (exact) mass is 336 g/mol. The second kappa shape index (κ2) is 4.73. The molecule has 1 unspecified atom stereocenters. The van der Waals surface area contributed by atoms with Crippen LogP contribution >= 0.6 is 0 Å². The van der Waals surface area contributed by atoms with Crippen molar-refractivity contribution in [3.8, 4) is 0 Å². The molecular weight excluding hydrogens is 321 g/mol. The van der Waals surface area contributed by atoms with Crippen LogP contribution in [0, 0.1) is 0 Å². The molecule has 1 fully saturated rings. The third-order valence-corrected chi connectivity index (χ3v) is 6.56. The van der Waals surface area contributed by atoms with Gasteiger partial charge in [0.2, 0.25) is 0 Å². The first-order valence-electron chi connectivity index (χ1n) is 5.37. The molecule has 1 saturated carbocycles. The minimum atomic E-state index is -0.925. The number of hydrogen-bond acceptors (Lipinski definition) is 2. The van der Waals surface area contributed by atoms with Gasteiger partial charge in [-0.05, 0) is 0 Å². The van der Waals surface area contributed by atoms with Crippen LogP contribution in [-0.2, 0) is 9.59 Å². The quantitative estimate of drug-likeness (QED) is 0.456. The van der Waals surface area contributed by atoms with Gasteiger partial charge in [-0.2, -0.15) is 0 Å². The van der Waals surface area contributed by atoms with E-state index in [4.69, 9.17) is 5.11 Å². The summed E-state index contributed by atoms with van der Waals surface area (Å²) < 4.78 is 1.37. The van der Waals surface area contributed by atoms with Gasteiger partial charge in [-0.1, -0.05) is 0 Å². The Morgan fingerprint density at radius 3 is 2.88 bits per heavy atom. The van der Waals surface area contributed by atoms with Crippen LogP contribution in [0.4, 0.5) is 0 Å². The molecule has 0 bridgehead atoms. The van der Waals surface area contributed by atoms with Gasteiger partial charge in [0.1, 0.15) is 0 Å². The average molecular weight is 336 g/mol. The Kier molecular flexibility index (Phi) is 3.51. The van der Waals surface area contributed by atoms with E-state index in [1.807, 2.05) is 0 Å². The molecule has 0 aromatic heterocycles. The van der Waals surface area contributed by atoms with Crippen molar-refractivity contribution in [1.29, 1.82) is 0 Å². The third-order valence-electron chi connectivity index (χ3n) is 2.62. The van der Waals surface area contributed by atoms with Crippen molar-refractivity contribution >= 4 is 11.9 Å². The van der Waals surface area contributed by atoms with E-state index in [9.17, 15) is 9.59 Å². The fraction of sp³-hybridized carbons (Fsp3) is 0.636. The van der Waals surface area contributed by atoms with Crippen LogP contribution in [0.15, 0.2) is 11.6 Å². The van der Waals surface area contributed by atoms with Gasteiger partial charge in [-0.25, -0.2) is 0 Å². The molecule has 4 nitrogen and oxygen atoms in total. The zero-order valence-electron chi connectivity index (χ0n) is 9.15. The number of alkyl halides is 2. The Balaban J connectivity index is 2.01. The summed E-state index contributed by atoms with van der Waals surface area (Å²) in [5.74, 6) is -1.04. The first-order valence-corrected chi connectivity index (χ1v) is 7.87. The summed E-state index contributed by atoms with van der Waals surface area (Å²) >= 11 is 0.0922. The number of halogens is 1. The summed E-state index contributed by atoms with van der Waals surface area (Å²) in [4.78, 5) is 23.8. The van der Waals surface area contributed by atoms with Crippen LogP contribution in [0.3, 0.4) is 0 Å². The average Bonchev–Trinajstić information content (AvgIpc) is 2.96. The number of rotatable bonds is 4.